The third kappa shape index (κ3) is 1.58. The Labute approximate surface area is 72.6 Å². The van der Waals surface area contributed by atoms with E-state index in [-0.39, 0.29) is 0 Å². The molecule has 0 radical (unpaired) electrons. The molecule has 13 heavy (non-hydrogen) atoms. The monoisotopic (exact) mass is 188 g/mol. The zero-order valence-corrected chi connectivity index (χ0v) is 6.67. The van der Waals surface area contributed by atoms with Crippen molar-refractivity contribution in [3.63, 3.8) is 0 Å². The van der Waals surface area contributed by atoms with E-state index in [0.717, 1.165) is 19.2 Å². The molecule has 0 aliphatic rings. The topological polar surface area (TPSA) is 46.5 Å². The third-order valence-corrected chi connectivity index (χ3v) is 1.47. The molecular weight excluding hydrogens is 182 g/mol. The molecule has 0 bridgehead atoms. The van der Waals surface area contributed by atoms with Crippen molar-refractivity contribution in [3.05, 3.63) is 29.3 Å². The Kier molecular flexibility index (Phi) is 2.46. The number of phenolic OH excluding ortho intramolecular Hbond substituents is 1. The number of carbonyl (C=O) groups excluding carboxylic acids is 1. The highest BCUT2D eigenvalue weighted by Crippen LogP contribution is 2.23. The number of hydrogen-bond acceptors (Lipinski definition) is 3. The van der Waals surface area contributed by atoms with E-state index in [1.165, 1.54) is 0 Å². The van der Waals surface area contributed by atoms with Crippen molar-refractivity contribution >= 4 is 5.97 Å². The van der Waals surface area contributed by atoms with E-state index in [4.69, 9.17) is 5.11 Å². The Hall–Kier alpha value is -1.65. The predicted octanol–water partition coefficient (Wildman–Crippen LogP) is 1.46. The molecule has 0 aromatic heterocycles. The molecule has 0 atom stereocenters. The normalized spacial score (nSPS) is 9.77. The lowest BCUT2D eigenvalue weighted by molar-refractivity contribution is 0.0594. The van der Waals surface area contributed by atoms with E-state index in [1.54, 1.807) is 0 Å². The fourth-order valence-corrected chi connectivity index (χ4v) is 0.809. The van der Waals surface area contributed by atoms with Gasteiger partial charge in [-0.2, -0.15) is 0 Å². The second-order valence-electron chi connectivity index (χ2n) is 2.25. The molecule has 1 aromatic carbocycles. The molecule has 5 heteroatoms. The highest BCUT2D eigenvalue weighted by atomic mass is 19.1. The van der Waals surface area contributed by atoms with E-state index in [9.17, 15) is 13.6 Å². The molecule has 0 heterocycles. The van der Waals surface area contributed by atoms with E-state index in [1.807, 2.05) is 0 Å². The quantitative estimate of drug-likeness (QED) is 0.678. The number of hydrogen-bond donors (Lipinski definition) is 1. The number of halogens is 2. The highest BCUT2D eigenvalue weighted by molar-refractivity contribution is 5.90. The van der Waals surface area contributed by atoms with Crippen LogP contribution in [-0.4, -0.2) is 18.2 Å². The summed E-state index contributed by atoms with van der Waals surface area (Å²) in [6.45, 7) is 0. The van der Waals surface area contributed by atoms with Gasteiger partial charge >= 0.3 is 5.97 Å². The molecule has 0 saturated carbocycles. The number of phenols is 1. The maximum Gasteiger partial charge on any atom is 0.340 e. The van der Waals surface area contributed by atoms with Crippen molar-refractivity contribution < 1.29 is 23.4 Å². The summed E-state index contributed by atoms with van der Waals surface area (Å²) in [6.07, 6.45) is 0. The highest BCUT2D eigenvalue weighted by Gasteiger charge is 2.18. The first-order valence-corrected chi connectivity index (χ1v) is 3.33. The van der Waals surface area contributed by atoms with Gasteiger partial charge in [-0.05, 0) is 12.1 Å². The molecule has 0 spiro atoms. The first-order chi connectivity index (χ1) is 6.07. The molecule has 3 nitrogen and oxygen atoms in total. The molecule has 0 amide bonds. The molecule has 70 valence electrons. The lowest BCUT2D eigenvalue weighted by atomic mass is 10.2. The van der Waals surface area contributed by atoms with Gasteiger partial charge in [0.05, 0.1) is 12.7 Å². The van der Waals surface area contributed by atoms with Crippen molar-refractivity contribution in [1.29, 1.82) is 0 Å². The smallest absolute Gasteiger partial charge is 0.340 e. The zero-order chi connectivity index (χ0) is 10.0. The van der Waals surface area contributed by atoms with Crippen LogP contribution in [0.3, 0.4) is 0 Å². The van der Waals surface area contributed by atoms with Crippen LogP contribution in [0.2, 0.25) is 0 Å². The lowest BCUT2D eigenvalue weighted by Gasteiger charge is -2.02. The van der Waals surface area contributed by atoms with Crippen LogP contribution in [0.5, 0.6) is 5.75 Å². The summed E-state index contributed by atoms with van der Waals surface area (Å²) in [5, 5.41) is 8.77. The van der Waals surface area contributed by atoms with Crippen LogP contribution in [0.25, 0.3) is 0 Å². The second-order valence-corrected chi connectivity index (χ2v) is 2.25. The van der Waals surface area contributed by atoms with Crippen LogP contribution in [0.4, 0.5) is 8.78 Å². The van der Waals surface area contributed by atoms with Crippen LogP contribution >= 0.6 is 0 Å². The standard InChI is InChI=1S/C8H6F2O3/c1-13-8(12)4-2-3-5(9)7(11)6(4)10/h2-3,11H,1H3. The van der Waals surface area contributed by atoms with Gasteiger partial charge in [-0.3, -0.25) is 0 Å². The molecule has 0 unspecified atom stereocenters. The van der Waals surface area contributed by atoms with Gasteiger partial charge in [-0.15, -0.1) is 0 Å². The van der Waals surface area contributed by atoms with Gasteiger partial charge in [0.15, 0.2) is 17.4 Å². The minimum absolute atomic E-state index is 0.499. The van der Waals surface area contributed by atoms with Gasteiger partial charge in [0.1, 0.15) is 0 Å². The number of rotatable bonds is 1. The van der Waals surface area contributed by atoms with E-state index < -0.39 is 28.9 Å². The van der Waals surface area contributed by atoms with Gasteiger partial charge in [0.2, 0.25) is 0 Å². The number of aromatic hydroxyl groups is 1. The molecule has 0 aliphatic heterocycles. The number of benzene rings is 1. The van der Waals surface area contributed by atoms with Crippen molar-refractivity contribution in [2.75, 3.05) is 7.11 Å². The first-order valence-electron chi connectivity index (χ1n) is 3.33. The van der Waals surface area contributed by atoms with E-state index in [2.05, 4.69) is 4.74 Å². The minimum Gasteiger partial charge on any atom is -0.503 e. The van der Waals surface area contributed by atoms with Gasteiger partial charge in [-0.25, -0.2) is 13.6 Å². The zero-order valence-electron chi connectivity index (χ0n) is 6.67. The van der Waals surface area contributed by atoms with Crippen molar-refractivity contribution in [2.45, 2.75) is 0 Å². The molecule has 1 rings (SSSR count). The summed E-state index contributed by atoms with van der Waals surface area (Å²) < 4.78 is 29.6. The summed E-state index contributed by atoms with van der Waals surface area (Å²) >= 11 is 0. The van der Waals surface area contributed by atoms with Crippen LogP contribution in [-0.2, 0) is 4.74 Å². The van der Waals surface area contributed by atoms with Gasteiger partial charge < -0.3 is 9.84 Å². The Morgan fingerprint density at radius 1 is 1.46 bits per heavy atom. The SMILES string of the molecule is COC(=O)c1ccc(F)c(O)c1F. The van der Waals surface area contributed by atoms with Crippen molar-refractivity contribution in [1.82, 2.24) is 0 Å². The lowest BCUT2D eigenvalue weighted by Crippen LogP contribution is -2.04. The number of carbonyl (C=O) groups is 1. The molecule has 0 aliphatic carbocycles. The van der Waals surface area contributed by atoms with Crippen molar-refractivity contribution in [2.24, 2.45) is 0 Å². The Balaban J connectivity index is 3.26. The minimum atomic E-state index is -1.31. The maximum atomic E-state index is 12.9. The van der Waals surface area contributed by atoms with Crippen molar-refractivity contribution in [3.8, 4) is 5.75 Å². The Morgan fingerprint density at radius 2 is 2.08 bits per heavy atom. The summed E-state index contributed by atoms with van der Waals surface area (Å²) in [6, 6.07) is 1.68. The second kappa shape index (κ2) is 3.38. The average molecular weight is 188 g/mol. The first kappa shape index (κ1) is 9.44. The van der Waals surface area contributed by atoms with Crippen LogP contribution < -0.4 is 0 Å². The molecular formula is C8H6F2O3. The Morgan fingerprint density at radius 3 is 2.62 bits per heavy atom. The third-order valence-electron chi connectivity index (χ3n) is 1.47. The van der Waals surface area contributed by atoms with Crippen LogP contribution in [0.15, 0.2) is 12.1 Å². The summed E-state index contributed by atoms with van der Waals surface area (Å²) in [4.78, 5) is 10.8. The van der Waals surface area contributed by atoms with E-state index in [0.29, 0.717) is 0 Å². The number of methoxy groups -OCH3 is 1. The molecule has 0 fully saturated rings. The predicted molar refractivity (Wildman–Crippen MR) is 39.4 cm³/mol. The fourth-order valence-electron chi connectivity index (χ4n) is 0.809. The summed E-state index contributed by atoms with van der Waals surface area (Å²) in [7, 11) is 1.06. The average Bonchev–Trinajstić information content (AvgIpc) is 2.13. The molecule has 1 N–H and O–H groups in total. The fraction of sp³-hybridized carbons (Fsp3) is 0.125. The summed E-state index contributed by atoms with van der Waals surface area (Å²) in [5.41, 5.74) is -0.499. The van der Waals surface area contributed by atoms with Crippen LogP contribution in [0, 0.1) is 11.6 Å². The maximum absolute atomic E-state index is 12.9. The van der Waals surface area contributed by atoms with Crippen LogP contribution in [0.1, 0.15) is 10.4 Å². The van der Waals surface area contributed by atoms with Gasteiger partial charge in [0.25, 0.3) is 0 Å². The number of esters is 1. The summed E-state index contributed by atoms with van der Waals surface area (Å²) in [5.74, 6) is -4.58. The van der Waals surface area contributed by atoms with Gasteiger partial charge in [-0.1, -0.05) is 0 Å². The Bertz CT molecular complexity index is 349. The number of ether oxygens (including phenoxy) is 1. The molecule has 1 aromatic rings. The molecule has 0 saturated heterocycles. The van der Waals surface area contributed by atoms with E-state index >= 15 is 0 Å². The van der Waals surface area contributed by atoms with Gasteiger partial charge in [0, 0.05) is 0 Å². The largest absolute Gasteiger partial charge is 0.503 e.